The molecule has 1 aromatic heterocycles. The highest BCUT2D eigenvalue weighted by Gasteiger charge is 2.36. The lowest BCUT2D eigenvalue weighted by molar-refractivity contribution is -0.143. The van der Waals surface area contributed by atoms with Gasteiger partial charge in [-0.05, 0) is 24.7 Å². The van der Waals surface area contributed by atoms with Gasteiger partial charge in [0.05, 0.1) is 19.8 Å². The van der Waals surface area contributed by atoms with Crippen molar-refractivity contribution in [2.24, 2.45) is 18.9 Å². The summed E-state index contributed by atoms with van der Waals surface area (Å²) in [4.78, 5) is 2.39. The number of halogens is 3. The summed E-state index contributed by atoms with van der Waals surface area (Å²) in [6.45, 7) is 4.93. The quantitative estimate of drug-likeness (QED) is 0.828. The molecule has 0 amide bonds. The Morgan fingerprint density at radius 2 is 1.96 bits per heavy atom. The van der Waals surface area contributed by atoms with Crippen LogP contribution >= 0.6 is 0 Å². The van der Waals surface area contributed by atoms with E-state index >= 15 is 0 Å². The first-order chi connectivity index (χ1) is 10.9. The molecule has 0 bridgehead atoms. The minimum atomic E-state index is -4.40. The van der Waals surface area contributed by atoms with Gasteiger partial charge in [-0.3, -0.25) is 9.58 Å². The third-order valence-corrected chi connectivity index (χ3v) is 4.76. The molecule has 0 N–H and O–H groups in total. The van der Waals surface area contributed by atoms with Gasteiger partial charge < -0.3 is 9.47 Å². The fourth-order valence-corrected chi connectivity index (χ4v) is 3.18. The van der Waals surface area contributed by atoms with Crippen LogP contribution in [0.25, 0.3) is 0 Å². The highest BCUT2D eigenvalue weighted by molar-refractivity contribution is 5.18. The van der Waals surface area contributed by atoms with Gasteiger partial charge in [0.2, 0.25) is 5.88 Å². The van der Waals surface area contributed by atoms with Gasteiger partial charge >= 0.3 is 6.18 Å². The Labute approximate surface area is 133 Å². The van der Waals surface area contributed by atoms with Crippen molar-refractivity contribution in [3.63, 3.8) is 0 Å². The lowest BCUT2D eigenvalue weighted by Gasteiger charge is -2.40. The third-order valence-electron chi connectivity index (χ3n) is 4.76. The van der Waals surface area contributed by atoms with E-state index in [1.165, 1.54) is 7.05 Å². The van der Waals surface area contributed by atoms with Crippen LogP contribution in [0.3, 0.4) is 0 Å². The van der Waals surface area contributed by atoms with Gasteiger partial charge in [-0.2, -0.15) is 13.2 Å². The first kappa shape index (κ1) is 16.6. The van der Waals surface area contributed by atoms with E-state index in [4.69, 9.17) is 9.47 Å². The van der Waals surface area contributed by atoms with E-state index in [9.17, 15) is 13.2 Å². The highest BCUT2D eigenvalue weighted by atomic mass is 19.4. The van der Waals surface area contributed by atoms with Crippen LogP contribution in [0.5, 0.6) is 5.88 Å². The molecule has 23 heavy (non-hydrogen) atoms. The van der Waals surface area contributed by atoms with Crippen LogP contribution in [-0.4, -0.2) is 54.1 Å². The second-order valence-electron chi connectivity index (χ2n) is 6.31. The number of aryl methyl sites for hydroxylation is 1. The molecule has 5 nitrogen and oxygen atoms in total. The molecule has 3 rings (SSSR count). The summed E-state index contributed by atoms with van der Waals surface area (Å²) in [6, 6.07) is 0.968. The van der Waals surface area contributed by atoms with E-state index in [-0.39, 0.29) is 5.88 Å². The van der Waals surface area contributed by atoms with Crippen LogP contribution in [0.15, 0.2) is 6.07 Å². The molecule has 2 atom stereocenters. The van der Waals surface area contributed by atoms with Crippen LogP contribution in [0.1, 0.15) is 18.5 Å². The van der Waals surface area contributed by atoms with Crippen LogP contribution in [0.4, 0.5) is 13.2 Å². The van der Waals surface area contributed by atoms with E-state index in [1.54, 1.807) is 0 Å². The van der Waals surface area contributed by atoms with Gasteiger partial charge in [-0.25, -0.2) is 0 Å². The number of hydrogen-bond acceptors (Lipinski definition) is 4. The lowest BCUT2D eigenvalue weighted by atomic mass is 9.74. The van der Waals surface area contributed by atoms with E-state index in [0.29, 0.717) is 18.4 Å². The van der Waals surface area contributed by atoms with Crippen molar-refractivity contribution in [3.8, 4) is 5.88 Å². The molecule has 0 spiro atoms. The number of rotatable bonds is 5. The third kappa shape index (κ3) is 3.98. The SMILES string of the molecule is Cn1nc(OCC2CCC2CN2CCOCC2)cc1C(F)(F)F. The van der Waals surface area contributed by atoms with Crippen molar-refractivity contribution >= 4 is 0 Å². The molecule has 1 saturated heterocycles. The van der Waals surface area contributed by atoms with E-state index in [1.807, 2.05) is 0 Å². The summed E-state index contributed by atoms with van der Waals surface area (Å²) in [7, 11) is 1.28. The van der Waals surface area contributed by atoms with Crippen LogP contribution < -0.4 is 4.74 Å². The molecule has 2 heterocycles. The van der Waals surface area contributed by atoms with E-state index < -0.39 is 11.9 Å². The Balaban J connectivity index is 1.48. The number of alkyl halides is 3. The predicted molar refractivity (Wildman–Crippen MR) is 77.2 cm³/mol. The van der Waals surface area contributed by atoms with Crippen molar-refractivity contribution in [1.82, 2.24) is 14.7 Å². The van der Waals surface area contributed by atoms with E-state index in [0.717, 1.165) is 56.4 Å². The second kappa shape index (κ2) is 6.68. The Bertz CT molecular complexity index is 527. The number of morpholine rings is 1. The van der Waals surface area contributed by atoms with Crippen LogP contribution in [-0.2, 0) is 18.0 Å². The largest absolute Gasteiger partial charge is 0.476 e. The lowest BCUT2D eigenvalue weighted by Crippen LogP contribution is -2.44. The first-order valence-corrected chi connectivity index (χ1v) is 7.97. The molecule has 2 unspecified atom stereocenters. The Kier molecular flexibility index (Phi) is 4.82. The Morgan fingerprint density at radius 3 is 2.52 bits per heavy atom. The zero-order valence-electron chi connectivity index (χ0n) is 13.2. The van der Waals surface area contributed by atoms with Crippen molar-refractivity contribution in [2.75, 3.05) is 39.5 Å². The monoisotopic (exact) mass is 333 g/mol. The van der Waals surface area contributed by atoms with E-state index in [2.05, 4.69) is 10.00 Å². The summed E-state index contributed by atoms with van der Waals surface area (Å²) >= 11 is 0. The molecule has 0 radical (unpaired) electrons. The van der Waals surface area contributed by atoms with Crippen LogP contribution in [0, 0.1) is 11.8 Å². The average Bonchev–Trinajstić information content (AvgIpc) is 2.86. The van der Waals surface area contributed by atoms with Gasteiger partial charge in [-0.15, -0.1) is 5.10 Å². The van der Waals surface area contributed by atoms with Gasteiger partial charge in [0.15, 0.2) is 0 Å². The average molecular weight is 333 g/mol. The molecule has 2 fully saturated rings. The van der Waals surface area contributed by atoms with Crippen molar-refractivity contribution in [1.29, 1.82) is 0 Å². The Morgan fingerprint density at radius 1 is 1.26 bits per heavy atom. The molecule has 1 saturated carbocycles. The molecular weight excluding hydrogens is 311 g/mol. The number of hydrogen-bond donors (Lipinski definition) is 0. The predicted octanol–water partition coefficient (Wildman–Crippen LogP) is 2.18. The molecule has 0 aromatic carbocycles. The van der Waals surface area contributed by atoms with Gasteiger partial charge in [0.25, 0.3) is 0 Å². The molecule has 2 aliphatic rings. The summed E-state index contributed by atoms with van der Waals surface area (Å²) in [5.74, 6) is 1.00. The maximum Gasteiger partial charge on any atom is 0.433 e. The normalized spacial score (nSPS) is 26.1. The summed E-state index contributed by atoms with van der Waals surface area (Å²) in [5, 5.41) is 3.80. The Hall–Kier alpha value is -1.28. The second-order valence-corrected chi connectivity index (χ2v) is 6.31. The fourth-order valence-electron chi connectivity index (χ4n) is 3.18. The maximum atomic E-state index is 12.7. The zero-order chi connectivity index (χ0) is 16.4. The number of nitrogens with zero attached hydrogens (tertiary/aromatic N) is 3. The standard InChI is InChI=1S/C15H22F3N3O2/c1-20-13(15(16,17)18)8-14(19-20)23-10-12-3-2-11(12)9-21-4-6-22-7-5-21/h8,11-12H,2-7,9-10H2,1H3. The van der Waals surface area contributed by atoms with Gasteiger partial charge in [0, 0.05) is 32.7 Å². The topological polar surface area (TPSA) is 39.5 Å². The molecule has 1 aliphatic carbocycles. The van der Waals surface area contributed by atoms with Gasteiger partial charge in [-0.1, -0.05) is 0 Å². The summed E-state index contributed by atoms with van der Waals surface area (Å²) in [5.41, 5.74) is -0.786. The number of aromatic nitrogens is 2. The van der Waals surface area contributed by atoms with Crippen molar-refractivity contribution < 1.29 is 22.6 Å². The van der Waals surface area contributed by atoms with Crippen molar-refractivity contribution in [3.05, 3.63) is 11.8 Å². The van der Waals surface area contributed by atoms with Crippen molar-refractivity contribution in [2.45, 2.75) is 19.0 Å². The highest BCUT2D eigenvalue weighted by Crippen LogP contribution is 2.36. The zero-order valence-corrected chi connectivity index (χ0v) is 13.2. The molecule has 1 aromatic rings. The van der Waals surface area contributed by atoms with Crippen LogP contribution in [0.2, 0.25) is 0 Å². The molecule has 8 heteroatoms. The maximum absolute atomic E-state index is 12.7. The van der Waals surface area contributed by atoms with Gasteiger partial charge in [0.1, 0.15) is 5.69 Å². The molecular formula is C15H22F3N3O2. The fraction of sp³-hybridized carbons (Fsp3) is 0.800. The minimum absolute atomic E-state index is 0.0526. The smallest absolute Gasteiger partial charge is 0.433 e. The number of ether oxygens (including phenoxy) is 2. The molecule has 1 aliphatic heterocycles. The minimum Gasteiger partial charge on any atom is -0.476 e. The summed E-state index contributed by atoms with van der Waals surface area (Å²) < 4.78 is 49.9. The summed E-state index contributed by atoms with van der Waals surface area (Å²) in [6.07, 6.45) is -2.19. The molecule has 130 valence electrons. The first-order valence-electron chi connectivity index (χ1n) is 7.97.